The number of aryl methyl sites for hydroxylation is 1. The van der Waals surface area contributed by atoms with E-state index in [1.807, 2.05) is 6.07 Å². The average molecular weight is 277 g/mol. The zero-order valence-corrected chi connectivity index (χ0v) is 12.9. The SMILES string of the molecule is CC(C)CCOCCOc1cccc2c1NC(C)CC2. The van der Waals surface area contributed by atoms with Gasteiger partial charge in [-0.05, 0) is 43.7 Å². The van der Waals surface area contributed by atoms with Crippen LogP contribution >= 0.6 is 0 Å². The van der Waals surface area contributed by atoms with E-state index in [0.717, 1.165) is 25.2 Å². The summed E-state index contributed by atoms with van der Waals surface area (Å²) in [6, 6.07) is 6.82. The number of anilines is 1. The minimum atomic E-state index is 0.523. The highest BCUT2D eigenvalue weighted by molar-refractivity contribution is 5.63. The molecule has 1 N–H and O–H groups in total. The van der Waals surface area contributed by atoms with Gasteiger partial charge in [0.1, 0.15) is 12.4 Å². The van der Waals surface area contributed by atoms with E-state index in [4.69, 9.17) is 9.47 Å². The maximum atomic E-state index is 5.87. The summed E-state index contributed by atoms with van der Waals surface area (Å²) in [5, 5.41) is 3.53. The van der Waals surface area contributed by atoms with Gasteiger partial charge in [-0.3, -0.25) is 0 Å². The monoisotopic (exact) mass is 277 g/mol. The molecule has 1 atom stereocenters. The van der Waals surface area contributed by atoms with Crippen LogP contribution in [0.5, 0.6) is 5.75 Å². The van der Waals surface area contributed by atoms with Crippen molar-refractivity contribution in [3.05, 3.63) is 23.8 Å². The van der Waals surface area contributed by atoms with Gasteiger partial charge in [0, 0.05) is 12.6 Å². The topological polar surface area (TPSA) is 30.5 Å². The highest BCUT2D eigenvalue weighted by Crippen LogP contribution is 2.33. The van der Waals surface area contributed by atoms with E-state index in [-0.39, 0.29) is 0 Å². The van der Waals surface area contributed by atoms with Crippen LogP contribution in [0.25, 0.3) is 0 Å². The molecule has 0 amide bonds. The van der Waals surface area contributed by atoms with E-state index < -0.39 is 0 Å². The number of ether oxygens (including phenoxy) is 2. The molecule has 3 nitrogen and oxygen atoms in total. The van der Waals surface area contributed by atoms with Gasteiger partial charge in [0.05, 0.1) is 12.3 Å². The lowest BCUT2D eigenvalue weighted by Gasteiger charge is -2.26. The lowest BCUT2D eigenvalue weighted by atomic mass is 9.98. The lowest BCUT2D eigenvalue weighted by Crippen LogP contribution is -2.22. The van der Waals surface area contributed by atoms with Crippen LogP contribution in [0.3, 0.4) is 0 Å². The molecule has 1 heterocycles. The van der Waals surface area contributed by atoms with Crippen molar-refractivity contribution in [2.24, 2.45) is 5.92 Å². The van der Waals surface area contributed by atoms with Gasteiger partial charge in [-0.2, -0.15) is 0 Å². The molecule has 0 saturated carbocycles. The average Bonchev–Trinajstić information content (AvgIpc) is 2.42. The smallest absolute Gasteiger partial charge is 0.142 e. The van der Waals surface area contributed by atoms with Crippen LogP contribution in [0.4, 0.5) is 5.69 Å². The minimum Gasteiger partial charge on any atom is -0.489 e. The molecule has 1 unspecified atom stereocenters. The molecule has 1 aromatic carbocycles. The maximum Gasteiger partial charge on any atom is 0.142 e. The quantitative estimate of drug-likeness (QED) is 0.767. The van der Waals surface area contributed by atoms with Crippen molar-refractivity contribution >= 4 is 5.69 Å². The normalized spacial score (nSPS) is 17.7. The molecule has 1 aliphatic rings. The molecule has 0 spiro atoms. The molecule has 1 aliphatic heterocycles. The van der Waals surface area contributed by atoms with Gasteiger partial charge in [0.2, 0.25) is 0 Å². The molecular formula is C17H27NO2. The molecule has 0 bridgehead atoms. The summed E-state index contributed by atoms with van der Waals surface area (Å²) in [5.74, 6) is 1.66. The second-order valence-electron chi connectivity index (χ2n) is 6.02. The van der Waals surface area contributed by atoms with Crippen molar-refractivity contribution < 1.29 is 9.47 Å². The molecule has 3 heteroatoms. The van der Waals surface area contributed by atoms with E-state index in [2.05, 4.69) is 38.2 Å². The Bertz CT molecular complexity index is 417. The third-order valence-electron chi connectivity index (χ3n) is 3.67. The molecule has 0 aliphatic carbocycles. The first-order valence-corrected chi connectivity index (χ1v) is 7.75. The largest absolute Gasteiger partial charge is 0.489 e. The van der Waals surface area contributed by atoms with Crippen molar-refractivity contribution in [2.75, 3.05) is 25.1 Å². The van der Waals surface area contributed by atoms with Crippen molar-refractivity contribution in [1.82, 2.24) is 0 Å². The van der Waals surface area contributed by atoms with Gasteiger partial charge in [0.15, 0.2) is 0 Å². The fraction of sp³-hybridized carbons (Fsp3) is 0.647. The van der Waals surface area contributed by atoms with E-state index in [1.54, 1.807) is 0 Å². The number of rotatable bonds is 7. The van der Waals surface area contributed by atoms with E-state index in [9.17, 15) is 0 Å². The standard InChI is InChI=1S/C17H27NO2/c1-13(2)9-10-19-11-12-20-16-6-4-5-15-8-7-14(3)18-17(15)16/h4-6,13-14,18H,7-12H2,1-3H3. The van der Waals surface area contributed by atoms with Crippen molar-refractivity contribution in [3.63, 3.8) is 0 Å². The molecule has 2 rings (SSSR count). The zero-order valence-electron chi connectivity index (χ0n) is 12.9. The van der Waals surface area contributed by atoms with Crippen LogP contribution in [-0.4, -0.2) is 25.9 Å². The molecule has 0 aromatic heterocycles. The van der Waals surface area contributed by atoms with Crippen molar-refractivity contribution in [3.8, 4) is 5.75 Å². The van der Waals surface area contributed by atoms with Crippen LogP contribution < -0.4 is 10.1 Å². The molecule has 1 aromatic rings. The van der Waals surface area contributed by atoms with E-state index in [0.29, 0.717) is 25.2 Å². The highest BCUT2D eigenvalue weighted by Gasteiger charge is 2.17. The first-order valence-electron chi connectivity index (χ1n) is 7.75. The molecule has 20 heavy (non-hydrogen) atoms. The van der Waals surface area contributed by atoms with Crippen LogP contribution in [0, 0.1) is 5.92 Å². The second-order valence-corrected chi connectivity index (χ2v) is 6.02. The summed E-state index contributed by atoms with van der Waals surface area (Å²) in [5.41, 5.74) is 2.54. The van der Waals surface area contributed by atoms with E-state index in [1.165, 1.54) is 17.7 Å². The Morgan fingerprint density at radius 2 is 2.10 bits per heavy atom. The van der Waals surface area contributed by atoms with Crippen LogP contribution in [0.15, 0.2) is 18.2 Å². The van der Waals surface area contributed by atoms with Gasteiger partial charge in [0.25, 0.3) is 0 Å². The molecular weight excluding hydrogens is 250 g/mol. The third kappa shape index (κ3) is 4.41. The fourth-order valence-electron chi connectivity index (χ4n) is 2.39. The van der Waals surface area contributed by atoms with E-state index >= 15 is 0 Å². The Morgan fingerprint density at radius 3 is 2.90 bits per heavy atom. The maximum absolute atomic E-state index is 5.87. The second kappa shape index (κ2) is 7.53. The van der Waals surface area contributed by atoms with Gasteiger partial charge in [-0.25, -0.2) is 0 Å². The van der Waals surface area contributed by atoms with Crippen LogP contribution in [0.1, 0.15) is 39.2 Å². The summed E-state index contributed by atoms with van der Waals surface area (Å²) in [6.07, 6.45) is 3.43. The summed E-state index contributed by atoms with van der Waals surface area (Å²) in [6.45, 7) is 8.74. The zero-order chi connectivity index (χ0) is 14.4. The van der Waals surface area contributed by atoms with Gasteiger partial charge < -0.3 is 14.8 Å². The predicted octanol–water partition coefficient (Wildman–Crippen LogP) is 3.87. The highest BCUT2D eigenvalue weighted by atomic mass is 16.5. The van der Waals surface area contributed by atoms with Gasteiger partial charge in [-0.1, -0.05) is 26.0 Å². The third-order valence-corrected chi connectivity index (χ3v) is 3.67. The minimum absolute atomic E-state index is 0.523. The summed E-state index contributed by atoms with van der Waals surface area (Å²) in [4.78, 5) is 0. The number of hydrogen-bond acceptors (Lipinski definition) is 3. The number of benzene rings is 1. The van der Waals surface area contributed by atoms with Crippen molar-refractivity contribution in [2.45, 2.75) is 46.1 Å². The Kier molecular flexibility index (Phi) is 5.72. The molecule has 112 valence electrons. The van der Waals surface area contributed by atoms with Gasteiger partial charge >= 0.3 is 0 Å². The fourth-order valence-corrected chi connectivity index (χ4v) is 2.39. The predicted molar refractivity (Wildman–Crippen MR) is 83.6 cm³/mol. The van der Waals surface area contributed by atoms with Gasteiger partial charge in [-0.15, -0.1) is 0 Å². The number of para-hydroxylation sites is 1. The van der Waals surface area contributed by atoms with Crippen LogP contribution in [-0.2, 0) is 11.2 Å². The molecule has 0 fully saturated rings. The Morgan fingerprint density at radius 1 is 1.25 bits per heavy atom. The first-order chi connectivity index (χ1) is 9.66. The Balaban J connectivity index is 1.79. The number of nitrogens with one attached hydrogen (secondary N) is 1. The molecule has 0 saturated heterocycles. The summed E-state index contributed by atoms with van der Waals surface area (Å²) in [7, 11) is 0. The number of hydrogen-bond donors (Lipinski definition) is 1. The Labute approximate surface area is 122 Å². The Hall–Kier alpha value is -1.22. The molecule has 0 radical (unpaired) electrons. The summed E-state index contributed by atoms with van der Waals surface area (Å²) >= 11 is 0. The van der Waals surface area contributed by atoms with Crippen LogP contribution in [0.2, 0.25) is 0 Å². The summed E-state index contributed by atoms with van der Waals surface area (Å²) < 4.78 is 11.5. The van der Waals surface area contributed by atoms with Crippen molar-refractivity contribution in [1.29, 1.82) is 0 Å². The number of fused-ring (bicyclic) bond motifs is 1. The lowest BCUT2D eigenvalue weighted by molar-refractivity contribution is 0.0927. The first kappa shape index (κ1) is 15.2.